The van der Waals surface area contributed by atoms with Gasteiger partial charge in [-0.25, -0.2) is 0 Å². The molecule has 0 heterocycles. The molecule has 0 spiro atoms. The predicted octanol–water partition coefficient (Wildman–Crippen LogP) is 3.18. The maximum atomic E-state index is 10.2. The van der Waals surface area contributed by atoms with E-state index in [2.05, 4.69) is 33.0 Å². The molecule has 0 bridgehead atoms. The van der Waals surface area contributed by atoms with Gasteiger partial charge in [-0.05, 0) is 41.9 Å². The maximum absolute atomic E-state index is 10.2. The van der Waals surface area contributed by atoms with Crippen molar-refractivity contribution in [2.75, 3.05) is 27.3 Å². The van der Waals surface area contributed by atoms with Crippen LogP contribution in [0.5, 0.6) is 11.5 Å². The van der Waals surface area contributed by atoms with E-state index in [9.17, 15) is 5.11 Å². The quantitative estimate of drug-likeness (QED) is 0.775. The minimum absolute atomic E-state index is 0.141. The van der Waals surface area contributed by atoms with E-state index in [1.807, 2.05) is 25.2 Å². The number of aliphatic hydroxyl groups is 1. The number of halogens is 1. The van der Waals surface area contributed by atoms with Gasteiger partial charge in [-0.3, -0.25) is 4.90 Å². The highest BCUT2D eigenvalue weighted by molar-refractivity contribution is 9.10. The molecule has 2 N–H and O–H groups in total. The Labute approximate surface area is 145 Å². The number of likely N-dealkylation sites (N-methyl/N-ethyl adjacent to an activating group) is 1. The molecule has 2 aromatic rings. The van der Waals surface area contributed by atoms with E-state index in [1.165, 1.54) is 5.56 Å². The molecular formula is C18H22BrNO3. The first-order valence-corrected chi connectivity index (χ1v) is 8.25. The van der Waals surface area contributed by atoms with Gasteiger partial charge in [-0.1, -0.05) is 28.1 Å². The average Bonchev–Trinajstić information content (AvgIpc) is 2.52. The molecule has 2 aromatic carbocycles. The summed E-state index contributed by atoms with van der Waals surface area (Å²) in [5.74, 6) is 0.877. The average molecular weight is 380 g/mol. The SMILES string of the molecule is COc1ccc(Cc2cc(Br)ccc2CN(C)CCO)c(O)c1. The van der Waals surface area contributed by atoms with Gasteiger partial charge < -0.3 is 14.9 Å². The number of nitrogens with zero attached hydrogens (tertiary/aromatic N) is 1. The normalized spacial score (nSPS) is 11.0. The van der Waals surface area contributed by atoms with Gasteiger partial charge in [0.25, 0.3) is 0 Å². The molecule has 0 aliphatic carbocycles. The lowest BCUT2D eigenvalue weighted by molar-refractivity contribution is 0.217. The maximum Gasteiger partial charge on any atom is 0.122 e. The largest absolute Gasteiger partial charge is 0.508 e. The highest BCUT2D eigenvalue weighted by Crippen LogP contribution is 2.28. The molecule has 0 radical (unpaired) electrons. The van der Waals surface area contributed by atoms with Crippen LogP contribution >= 0.6 is 15.9 Å². The molecule has 0 unspecified atom stereocenters. The number of aliphatic hydroxyl groups excluding tert-OH is 1. The van der Waals surface area contributed by atoms with Crippen LogP contribution in [0, 0.1) is 0 Å². The highest BCUT2D eigenvalue weighted by atomic mass is 79.9. The second kappa shape index (κ2) is 8.34. The second-order valence-electron chi connectivity index (χ2n) is 5.55. The molecule has 0 saturated carbocycles. The van der Waals surface area contributed by atoms with Crippen LogP contribution in [0.3, 0.4) is 0 Å². The fourth-order valence-electron chi connectivity index (χ4n) is 2.48. The Balaban J connectivity index is 2.26. The number of rotatable bonds is 7. The van der Waals surface area contributed by atoms with Gasteiger partial charge in [0.2, 0.25) is 0 Å². The molecule has 0 aliphatic heterocycles. The summed E-state index contributed by atoms with van der Waals surface area (Å²) in [4.78, 5) is 2.07. The number of hydrogen-bond acceptors (Lipinski definition) is 4. The molecule has 124 valence electrons. The van der Waals surface area contributed by atoms with E-state index in [0.717, 1.165) is 22.1 Å². The summed E-state index contributed by atoms with van der Waals surface area (Å²) in [6.45, 7) is 1.52. The number of hydrogen-bond donors (Lipinski definition) is 2. The van der Waals surface area contributed by atoms with Crippen molar-refractivity contribution in [1.82, 2.24) is 4.90 Å². The van der Waals surface area contributed by atoms with Crippen LogP contribution in [0.1, 0.15) is 16.7 Å². The van der Waals surface area contributed by atoms with E-state index in [4.69, 9.17) is 9.84 Å². The molecule has 23 heavy (non-hydrogen) atoms. The van der Waals surface area contributed by atoms with Crippen molar-refractivity contribution >= 4 is 15.9 Å². The second-order valence-corrected chi connectivity index (χ2v) is 6.46. The number of phenolic OH excluding ortho intramolecular Hbond substituents is 1. The zero-order valence-corrected chi connectivity index (χ0v) is 15.0. The number of aromatic hydroxyl groups is 1. The van der Waals surface area contributed by atoms with Crippen LogP contribution in [0.4, 0.5) is 0 Å². The number of ether oxygens (including phenoxy) is 1. The van der Waals surface area contributed by atoms with Crippen LogP contribution in [0.25, 0.3) is 0 Å². The molecule has 0 aromatic heterocycles. The summed E-state index contributed by atoms with van der Waals surface area (Å²) in [5.41, 5.74) is 3.18. The number of methoxy groups -OCH3 is 1. The Morgan fingerprint density at radius 3 is 2.48 bits per heavy atom. The lowest BCUT2D eigenvalue weighted by atomic mass is 9.98. The minimum Gasteiger partial charge on any atom is -0.508 e. The highest BCUT2D eigenvalue weighted by Gasteiger charge is 2.10. The molecule has 0 fully saturated rings. The van der Waals surface area contributed by atoms with Gasteiger partial charge in [0, 0.05) is 30.0 Å². The van der Waals surface area contributed by atoms with E-state index < -0.39 is 0 Å². The Kier molecular flexibility index (Phi) is 6.45. The molecular weight excluding hydrogens is 358 g/mol. The van der Waals surface area contributed by atoms with E-state index in [1.54, 1.807) is 13.2 Å². The van der Waals surface area contributed by atoms with Gasteiger partial charge in [0.15, 0.2) is 0 Å². The number of phenols is 1. The topological polar surface area (TPSA) is 52.9 Å². The van der Waals surface area contributed by atoms with Crippen molar-refractivity contribution in [1.29, 1.82) is 0 Å². The molecule has 0 atom stereocenters. The third-order valence-electron chi connectivity index (χ3n) is 3.76. The van der Waals surface area contributed by atoms with Crippen molar-refractivity contribution in [3.05, 3.63) is 57.6 Å². The first-order chi connectivity index (χ1) is 11.0. The predicted molar refractivity (Wildman–Crippen MR) is 95.0 cm³/mol. The lowest BCUT2D eigenvalue weighted by Crippen LogP contribution is -2.22. The van der Waals surface area contributed by atoms with Gasteiger partial charge >= 0.3 is 0 Å². The summed E-state index contributed by atoms with van der Waals surface area (Å²) in [5, 5.41) is 19.2. The lowest BCUT2D eigenvalue weighted by Gasteiger charge is -2.18. The summed E-state index contributed by atoms with van der Waals surface area (Å²) < 4.78 is 6.13. The molecule has 5 heteroatoms. The van der Waals surface area contributed by atoms with Crippen LogP contribution in [0.2, 0.25) is 0 Å². The Morgan fingerprint density at radius 2 is 1.83 bits per heavy atom. The van der Waals surface area contributed by atoms with Gasteiger partial charge in [-0.15, -0.1) is 0 Å². The first kappa shape index (κ1) is 17.8. The summed E-state index contributed by atoms with van der Waals surface area (Å²) in [7, 11) is 3.56. The Morgan fingerprint density at radius 1 is 1.09 bits per heavy atom. The zero-order chi connectivity index (χ0) is 16.8. The molecule has 4 nitrogen and oxygen atoms in total. The van der Waals surface area contributed by atoms with Gasteiger partial charge in [0.1, 0.15) is 11.5 Å². The van der Waals surface area contributed by atoms with Crippen LogP contribution < -0.4 is 4.74 Å². The standard InChI is InChI=1S/C18H22BrNO3/c1-20(7-8-21)12-14-3-5-16(19)10-15(14)9-13-4-6-17(23-2)11-18(13)22/h3-6,10-11,21-22H,7-9,12H2,1-2H3. The van der Waals surface area contributed by atoms with Gasteiger partial charge in [-0.2, -0.15) is 0 Å². The fourth-order valence-corrected chi connectivity index (χ4v) is 2.89. The third-order valence-corrected chi connectivity index (χ3v) is 4.26. The summed E-state index contributed by atoms with van der Waals surface area (Å²) in [6, 6.07) is 11.5. The van der Waals surface area contributed by atoms with Crippen LogP contribution in [0.15, 0.2) is 40.9 Å². The molecule has 0 saturated heterocycles. The van der Waals surface area contributed by atoms with Crippen molar-refractivity contribution in [3.8, 4) is 11.5 Å². The van der Waals surface area contributed by atoms with E-state index >= 15 is 0 Å². The summed E-state index contributed by atoms with van der Waals surface area (Å²) >= 11 is 3.51. The van der Waals surface area contributed by atoms with Crippen LogP contribution in [-0.4, -0.2) is 42.4 Å². The fraction of sp³-hybridized carbons (Fsp3) is 0.333. The first-order valence-electron chi connectivity index (χ1n) is 7.46. The van der Waals surface area contributed by atoms with Gasteiger partial charge in [0.05, 0.1) is 13.7 Å². The van der Waals surface area contributed by atoms with Crippen molar-refractivity contribution < 1.29 is 14.9 Å². The summed E-state index contributed by atoms with van der Waals surface area (Å²) in [6.07, 6.45) is 0.636. The Hall–Kier alpha value is -1.56. The monoisotopic (exact) mass is 379 g/mol. The van der Waals surface area contributed by atoms with Crippen molar-refractivity contribution in [2.45, 2.75) is 13.0 Å². The van der Waals surface area contributed by atoms with Crippen LogP contribution in [-0.2, 0) is 13.0 Å². The minimum atomic E-state index is 0.141. The third kappa shape index (κ3) is 4.96. The molecule has 0 amide bonds. The van der Waals surface area contributed by atoms with Crippen molar-refractivity contribution in [3.63, 3.8) is 0 Å². The molecule has 2 rings (SSSR count). The van der Waals surface area contributed by atoms with Crippen molar-refractivity contribution in [2.24, 2.45) is 0 Å². The molecule has 0 aliphatic rings. The number of benzene rings is 2. The Bertz CT molecular complexity index is 661. The smallest absolute Gasteiger partial charge is 0.122 e. The van der Waals surface area contributed by atoms with E-state index in [0.29, 0.717) is 18.7 Å². The zero-order valence-electron chi connectivity index (χ0n) is 13.4. The van der Waals surface area contributed by atoms with E-state index in [-0.39, 0.29) is 12.4 Å².